The first kappa shape index (κ1) is 14.6. The molecule has 6 nitrogen and oxygen atoms in total. The van der Waals surface area contributed by atoms with E-state index < -0.39 is 0 Å². The molecule has 0 aliphatic heterocycles. The Balaban J connectivity index is 1.61. The summed E-state index contributed by atoms with van der Waals surface area (Å²) in [6, 6.07) is 4.05. The second-order valence-electron chi connectivity index (χ2n) is 5.76. The van der Waals surface area contributed by atoms with Gasteiger partial charge in [0.1, 0.15) is 5.82 Å². The van der Waals surface area contributed by atoms with Gasteiger partial charge in [-0.2, -0.15) is 5.10 Å². The molecule has 1 aliphatic carbocycles. The van der Waals surface area contributed by atoms with Gasteiger partial charge in [0.05, 0.1) is 6.20 Å². The molecule has 0 bridgehead atoms. The topological polar surface area (TPSA) is 71.8 Å². The predicted molar refractivity (Wildman–Crippen MR) is 84.6 cm³/mol. The van der Waals surface area contributed by atoms with E-state index in [0.717, 1.165) is 17.1 Å². The number of aromatic nitrogens is 3. The molecule has 0 spiro atoms. The smallest absolute Gasteiger partial charge is 0.251 e. The lowest BCUT2D eigenvalue weighted by Crippen LogP contribution is -2.28. The summed E-state index contributed by atoms with van der Waals surface area (Å²) < 4.78 is 1.80. The molecule has 2 N–H and O–H groups in total. The lowest BCUT2D eigenvalue weighted by Gasteiger charge is -2.26. The van der Waals surface area contributed by atoms with Gasteiger partial charge in [-0.05, 0) is 38.3 Å². The maximum Gasteiger partial charge on any atom is 0.251 e. The Kier molecular flexibility index (Phi) is 4.09. The van der Waals surface area contributed by atoms with E-state index in [-0.39, 0.29) is 5.91 Å². The van der Waals surface area contributed by atoms with E-state index in [1.165, 1.54) is 19.3 Å². The highest BCUT2D eigenvalue weighted by Crippen LogP contribution is 2.22. The first-order chi connectivity index (χ1) is 10.6. The molecular weight excluding hydrogens is 278 g/mol. The van der Waals surface area contributed by atoms with Crippen LogP contribution in [0.4, 0.5) is 5.82 Å². The molecule has 3 rings (SSSR count). The van der Waals surface area contributed by atoms with Crippen LogP contribution in [0.2, 0.25) is 0 Å². The van der Waals surface area contributed by atoms with E-state index in [4.69, 9.17) is 0 Å². The zero-order valence-electron chi connectivity index (χ0n) is 13.0. The Morgan fingerprint density at radius 3 is 2.91 bits per heavy atom. The second-order valence-corrected chi connectivity index (χ2v) is 5.76. The van der Waals surface area contributed by atoms with Crippen LogP contribution < -0.4 is 10.6 Å². The van der Waals surface area contributed by atoms with Crippen molar-refractivity contribution in [3.05, 3.63) is 41.3 Å². The standard InChI is InChI=1S/C16H21N5O/c1-11-13(10-19-21(11)2)9-18-16(22)12-6-7-17-15(8-12)20-14-4-3-5-14/h6-8,10,14H,3-5,9H2,1-2H3,(H,17,20)(H,18,22). The molecule has 1 saturated carbocycles. The Morgan fingerprint density at radius 2 is 2.27 bits per heavy atom. The van der Waals surface area contributed by atoms with Crippen molar-refractivity contribution in [2.75, 3.05) is 5.32 Å². The summed E-state index contributed by atoms with van der Waals surface area (Å²) in [5.74, 6) is 0.678. The predicted octanol–water partition coefficient (Wildman–Crippen LogP) is 2.02. The Labute approximate surface area is 129 Å². The number of nitrogens with zero attached hydrogens (tertiary/aromatic N) is 3. The Hall–Kier alpha value is -2.37. The van der Waals surface area contributed by atoms with Crippen molar-refractivity contribution >= 4 is 11.7 Å². The van der Waals surface area contributed by atoms with Crippen molar-refractivity contribution in [3.8, 4) is 0 Å². The maximum atomic E-state index is 12.3. The number of hydrogen-bond acceptors (Lipinski definition) is 4. The SMILES string of the molecule is Cc1c(CNC(=O)c2ccnc(NC3CCC3)c2)cnn1C. The molecule has 1 fully saturated rings. The van der Waals surface area contributed by atoms with Crippen molar-refractivity contribution in [2.45, 2.75) is 38.8 Å². The van der Waals surface area contributed by atoms with E-state index in [0.29, 0.717) is 18.2 Å². The average Bonchev–Trinajstić information content (AvgIpc) is 2.80. The number of hydrogen-bond donors (Lipinski definition) is 2. The first-order valence-corrected chi connectivity index (χ1v) is 7.62. The minimum Gasteiger partial charge on any atom is -0.367 e. The molecule has 1 aliphatic rings. The Morgan fingerprint density at radius 1 is 1.45 bits per heavy atom. The van der Waals surface area contributed by atoms with Crippen LogP contribution in [0.5, 0.6) is 0 Å². The molecule has 116 valence electrons. The quantitative estimate of drug-likeness (QED) is 0.886. The van der Waals surface area contributed by atoms with E-state index in [9.17, 15) is 4.79 Å². The highest BCUT2D eigenvalue weighted by atomic mass is 16.1. The van der Waals surface area contributed by atoms with Gasteiger partial charge in [0.2, 0.25) is 0 Å². The molecule has 22 heavy (non-hydrogen) atoms. The molecule has 2 heterocycles. The molecule has 0 radical (unpaired) electrons. The third kappa shape index (κ3) is 3.10. The number of pyridine rings is 1. The zero-order chi connectivity index (χ0) is 15.5. The van der Waals surface area contributed by atoms with Crippen LogP contribution >= 0.6 is 0 Å². The van der Waals surface area contributed by atoms with Crippen molar-refractivity contribution in [3.63, 3.8) is 0 Å². The highest BCUT2D eigenvalue weighted by molar-refractivity contribution is 5.94. The van der Waals surface area contributed by atoms with Crippen molar-refractivity contribution < 1.29 is 4.79 Å². The van der Waals surface area contributed by atoms with Crippen LogP contribution in [0.3, 0.4) is 0 Å². The van der Waals surface area contributed by atoms with Crippen LogP contribution in [-0.4, -0.2) is 26.7 Å². The van der Waals surface area contributed by atoms with Crippen molar-refractivity contribution in [1.82, 2.24) is 20.1 Å². The number of anilines is 1. The van der Waals surface area contributed by atoms with E-state index in [1.807, 2.05) is 20.0 Å². The molecule has 0 aromatic carbocycles. The zero-order valence-corrected chi connectivity index (χ0v) is 13.0. The van der Waals surface area contributed by atoms with Crippen LogP contribution in [0.25, 0.3) is 0 Å². The summed E-state index contributed by atoms with van der Waals surface area (Å²) in [7, 11) is 1.89. The highest BCUT2D eigenvalue weighted by Gasteiger charge is 2.17. The minimum absolute atomic E-state index is 0.0951. The van der Waals surface area contributed by atoms with Gasteiger partial charge in [0, 0.05) is 42.7 Å². The molecule has 0 saturated heterocycles. The van der Waals surface area contributed by atoms with Gasteiger partial charge in [0.25, 0.3) is 5.91 Å². The van der Waals surface area contributed by atoms with E-state index in [1.54, 1.807) is 23.1 Å². The van der Waals surface area contributed by atoms with Crippen molar-refractivity contribution in [2.24, 2.45) is 7.05 Å². The molecule has 0 unspecified atom stereocenters. The fourth-order valence-electron chi connectivity index (χ4n) is 2.41. The summed E-state index contributed by atoms with van der Waals surface area (Å²) in [4.78, 5) is 16.5. The third-order valence-electron chi connectivity index (χ3n) is 4.26. The molecular formula is C16H21N5O. The van der Waals surface area contributed by atoms with Crippen LogP contribution in [0, 0.1) is 6.92 Å². The number of nitrogens with one attached hydrogen (secondary N) is 2. The van der Waals surface area contributed by atoms with Gasteiger partial charge >= 0.3 is 0 Å². The summed E-state index contributed by atoms with van der Waals surface area (Å²) in [6.07, 6.45) is 7.08. The van der Waals surface area contributed by atoms with E-state index in [2.05, 4.69) is 20.7 Å². The molecule has 0 atom stereocenters. The Bertz CT molecular complexity index is 675. The largest absolute Gasteiger partial charge is 0.367 e. The molecule has 2 aromatic rings. The summed E-state index contributed by atoms with van der Waals surface area (Å²) >= 11 is 0. The summed E-state index contributed by atoms with van der Waals surface area (Å²) in [5, 5.41) is 10.5. The normalized spacial score (nSPS) is 14.5. The molecule has 6 heteroatoms. The van der Waals surface area contributed by atoms with Gasteiger partial charge in [-0.1, -0.05) is 0 Å². The van der Waals surface area contributed by atoms with Gasteiger partial charge in [-0.15, -0.1) is 0 Å². The van der Waals surface area contributed by atoms with Crippen LogP contribution in [-0.2, 0) is 13.6 Å². The van der Waals surface area contributed by atoms with Gasteiger partial charge in [-0.25, -0.2) is 4.98 Å². The summed E-state index contributed by atoms with van der Waals surface area (Å²) in [5.41, 5.74) is 2.71. The van der Waals surface area contributed by atoms with Crippen LogP contribution in [0.15, 0.2) is 24.5 Å². The number of carbonyl (C=O) groups excluding carboxylic acids is 1. The van der Waals surface area contributed by atoms with Gasteiger partial charge in [0.15, 0.2) is 0 Å². The number of rotatable bonds is 5. The lowest BCUT2D eigenvalue weighted by atomic mass is 9.93. The number of amides is 1. The second kappa shape index (κ2) is 6.17. The first-order valence-electron chi connectivity index (χ1n) is 7.62. The summed E-state index contributed by atoms with van der Waals surface area (Å²) in [6.45, 7) is 2.47. The third-order valence-corrected chi connectivity index (χ3v) is 4.26. The minimum atomic E-state index is -0.0951. The van der Waals surface area contributed by atoms with Crippen molar-refractivity contribution in [1.29, 1.82) is 0 Å². The monoisotopic (exact) mass is 299 g/mol. The van der Waals surface area contributed by atoms with Crippen LogP contribution in [0.1, 0.15) is 40.9 Å². The van der Waals surface area contributed by atoms with Gasteiger partial charge < -0.3 is 10.6 Å². The fraction of sp³-hybridized carbons (Fsp3) is 0.438. The van der Waals surface area contributed by atoms with Gasteiger partial charge in [-0.3, -0.25) is 9.48 Å². The maximum absolute atomic E-state index is 12.3. The fourth-order valence-corrected chi connectivity index (χ4v) is 2.41. The molecule has 2 aromatic heterocycles. The van der Waals surface area contributed by atoms with E-state index >= 15 is 0 Å². The lowest BCUT2D eigenvalue weighted by molar-refractivity contribution is 0.0951. The number of aryl methyl sites for hydroxylation is 1. The molecule has 1 amide bonds. The number of carbonyl (C=O) groups is 1. The average molecular weight is 299 g/mol.